The summed E-state index contributed by atoms with van der Waals surface area (Å²) in [5.41, 5.74) is 0.618. The van der Waals surface area contributed by atoms with Crippen molar-refractivity contribution in [3.05, 3.63) is 54.0 Å². The highest BCUT2D eigenvalue weighted by atomic mass is 32.2. The fourth-order valence-corrected chi connectivity index (χ4v) is 2.45. The maximum Gasteiger partial charge on any atom is 0.251 e. The predicted molar refractivity (Wildman–Crippen MR) is 83.4 cm³/mol. The van der Waals surface area contributed by atoms with E-state index >= 15 is 0 Å². The molecule has 5 heteroatoms. The summed E-state index contributed by atoms with van der Waals surface area (Å²) in [6.07, 6.45) is 3.21. The minimum Gasteiger partial charge on any atom is -0.467 e. The van der Waals surface area contributed by atoms with Gasteiger partial charge in [0.05, 0.1) is 6.26 Å². The van der Waals surface area contributed by atoms with Crippen LogP contribution in [0.25, 0.3) is 0 Å². The summed E-state index contributed by atoms with van der Waals surface area (Å²) < 4.78 is 5.15. The van der Waals surface area contributed by atoms with Crippen molar-refractivity contribution in [2.75, 3.05) is 6.26 Å². The Morgan fingerprint density at radius 2 is 2.05 bits per heavy atom. The lowest BCUT2D eigenvalue weighted by Gasteiger charge is -2.16. The van der Waals surface area contributed by atoms with Crippen LogP contribution in [0.15, 0.2) is 52.0 Å². The molecule has 0 aliphatic carbocycles. The summed E-state index contributed by atoms with van der Waals surface area (Å²) in [4.78, 5) is 13.2. The summed E-state index contributed by atoms with van der Waals surface area (Å²) in [7, 11) is 0. The van der Waals surface area contributed by atoms with Gasteiger partial charge < -0.3 is 14.8 Å². The lowest BCUT2D eigenvalue weighted by atomic mass is 10.1. The van der Waals surface area contributed by atoms with Crippen molar-refractivity contribution >= 4 is 17.7 Å². The summed E-state index contributed by atoms with van der Waals surface area (Å²) in [5, 5.41) is 12.9. The number of furan rings is 1. The largest absolute Gasteiger partial charge is 0.467 e. The normalized spacial score (nSPS) is 13.7. The summed E-state index contributed by atoms with van der Waals surface area (Å²) >= 11 is 1.63. The maximum atomic E-state index is 12.1. The first-order valence-corrected chi connectivity index (χ1v) is 7.99. The number of hydrogen-bond acceptors (Lipinski definition) is 4. The van der Waals surface area contributed by atoms with Gasteiger partial charge in [0.1, 0.15) is 11.9 Å². The van der Waals surface area contributed by atoms with E-state index in [1.807, 2.05) is 25.3 Å². The molecule has 2 aromatic rings. The second-order valence-corrected chi connectivity index (χ2v) is 5.75. The molecular weight excluding hydrogens is 286 g/mol. The Kier molecular flexibility index (Phi) is 5.47. The molecule has 112 valence electrons. The van der Waals surface area contributed by atoms with Gasteiger partial charge in [0.15, 0.2) is 0 Å². The molecule has 2 N–H and O–H groups in total. The van der Waals surface area contributed by atoms with Crippen molar-refractivity contribution in [1.82, 2.24) is 5.32 Å². The number of thioether (sulfide) groups is 1. The minimum absolute atomic E-state index is 0.137. The highest BCUT2D eigenvalue weighted by Gasteiger charge is 2.17. The molecule has 0 saturated carbocycles. The number of aliphatic hydroxyl groups excluding tert-OH is 1. The highest BCUT2D eigenvalue weighted by Crippen LogP contribution is 2.19. The Labute approximate surface area is 128 Å². The van der Waals surface area contributed by atoms with Gasteiger partial charge in [0.25, 0.3) is 5.91 Å². The zero-order valence-corrected chi connectivity index (χ0v) is 12.9. The van der Waals surface area contributed by atoms with E-state index in [2.05, 4.69) is 5.32 Å². The molecule has 2 rings (SSSR count). The number of aliphatic hydroxyl groups is 1. The van der Waals surface area contributed by atoms with Crippen LogP contribution >= 0.6 is 11.8 Å². The second kappa shape index (κ2) is 7.33. The first kappa shape index (κ1) is 15.7. The van der Waals surface area contributed by atoms with Crippen molar-refractivity contribution in [2.45, 2.75) is 30.4 Å². The standard InChI is InChI=1S/C16H19NO3S/c1-11(10-14(18)15-4-3-9-20-15)17-16(19)12-5-7-13(21-2)8-6-12/h3-9,11,14,18H,10H2,1-2H3,(H,17,19). The number of carbonyl (C=O) groups is 1. The molecule has 1 heterocycles. The van der Waals surface area contributed by atoms with Gasteiger partial charge in [-0.15, -0.1) is 11.8 Å². The Bertz CT molecular complexity index is 566. The van der Waals surface area contributed by atoms with E-state index in [1.54, 1.807) is 36.0 Å². The van der Waals surface area contributed by atoms with Crippen molar-refractivity contribution < 1.29 is 14.3 Å². The molecule has 4 nitrogen and oxygen atoms in total. The number of benzene rings is 1. The van der Waals surface area contributed by atoms with Crippen LogP contribution in [0.3, 0.4) is 0 Å². The molecule has 21 heavy (non-hydrogen) atoms. The number of rotatable bonds is 6. The average molecular weight is 305 g/mol. The zero-order valence-electron chi connectivity index (χ0n) is 12.1. The number of amides is 1. The molecule has 0 radical (unpaired) electrons. The molecule has 0 bridgehead atoms. The molecule has 2 atom stereocenters. The van der Waals surface area contributed by atoms with Gasteiger partial charge in [-0.1, -0.05) is 0 Å². The molecule has 1 aromatic carbocycles. The molecule has 0 spiro atoms. The minimum atomic E-state index is -0.714. The third kappa shape index (κ3) is 4.37. The Morgan fingerprint density at radius 1 is 1.33 bits per heavy atom. The predicted octanol–water partition coefficient (Wildman–Crippen LogP) is 3.24. The van der Waals surface area contributed by atoms with Crippen LogP contribution in [-0.4, -0.2) is 23.3 Å². The number of hydrogen-bond donors (Lipinski definition) is 2. The third-order valence-electron chi connectivity index (χ3n) is 3.18. The number of carbonyl (C=O) groups excluding carboxylic acids is 1. The van der Waals surface area contributed by atoms with Crippen LogP contribution in [0, 0.1) is 0 Å². The van der Waals surface area contributed by atoms with Crippen molar-refractivity contribution in [3.63, 3.8) is 0 Å². The van der Waals surface area contributed by atoms with E-state index in [9.17, 15) is 9.90 Å². The lowest BCUT2D eigenvalue weighted by molar-refractivity contribution is 0.0903. The second-order valence-electron chi connectivity index (χ2n) is 4.87. The molecule has 1 amide bonds. The van der Waals surface area contributed by atoms with Crippen molar-refractivity contribution in [1.29, 1.82) is 0 Å². The number of nitrogens with one attached hydrogen (secondary N) is 1. The Hall–Kier alpha value is -1.72. The quantitative estimate of drug-likeness (QED) is 0.804. The molecule has 0 fully saturated rings. The summed E-state index contributed by atoms with van der Waals surface area (Å²) in [6, 6.07) is 10.7. The summed E-state index contributed by atoms with van der Waals surface area (Å²) in [5.74, 6) is 0.377. The first-order valence-electron chi connectivity index (χ1n) is 6.76. The van der Waals surface area contributed by atoms with Gasteiger partial charge in [0, 0.05) is 22.9 Å². The van der Waals surface area contributed by atoms with Crippen LogP contribution in [0.2, 0.25) is 0 Å². The topological polar surface area (TPSA) is 62.5 Å². The van der Waals surface area contributed by atoms with Crippen LogP contribution < -0.4 is 5.32 Å². The van der Waals surface area contributed by atoms with E-state index in [-0.39, 0.29) is 11.9 Å². The van der Waals surface area contributed by atoms with Gasteiger partial charge in [0.2, 0.25) is 0 Å². The third-order valence-corrected chi connectivity index (χ3v) is 3.92. The maximum absolute atomic E-state index is 12.1. The monoisotopic (exact) mass is 305 g/mol. The average Bonchev–Trinajstić information content (AvgIpc) is 3.01. The van der Waals surface area contributed by atoms with Gasteiger partial charge in [-0.25, -0.2) is 0 Å². The van der Waals surface area contributed by atoms with Gasteiger partial charge in [-0.2, -0.15) is 0 Å². The SMILES string of the molecule is CSc1ccc(C(=O)NC(C)CC(O)c2ccco2)cc1. The Morgan fingerprint density at radius 3 is 2.62 bits per heavy atom. The molecule has 0 aliphatic rings. The zero-order chi connectivity index (χ0) is 15.2. The smallest absolute Gasteiger partial charge is 0.251 e. The molecule has 0 saturated heterocycles. The van der Waals surface area contributed by atoms with E-state index < -0.39 is 6.10 Å². The van der Waals surface area contributed by atoms with Crippen molar-refractivity contribution in [2.24, 2.45) is 0 Å². The molecule has 0 aliphatic heterocycles. The van der Waals surface area contributed by atoms with Crippen LogP contribution in [-0.2, 0) is 0 Å². The Balaban J connectivity index is 1.89. The molecule has 2 unspecified atom stereocenters. The van der Waals surface area contributed by atoms with E-state index in [1.165, 1.54) is 6.26 Å². The van der Waals surface area contributed by atoms with Gasteiger partial charge in [-0.05, 0) is 49.6 Å². The van der Waals surface area contributed by atoms with Crippen LogP contribution in [0.1, 0.15) is 35.6 Å². The highest BCUT2D eigenvalue weighted by molar-refractivity contribution is 7.98. The van der Waals surface area contributed by atoms with E-state index in [4.69, 9.17) is 4.42 Å². The van der Waals surface area contributed by atoms with Gasteiger partial charge >= 0.3 is 0 Å². The van der Waals surface area contributed by atoms with Crippen LogP contribution in [0.5, 0.6) is 0 Å². The van der Waals surface area contributed by atoms with E-state index in [0.29, 0.717) is 17.7 Å². The summed E-state index contributed by atoms with van der Waals surface area (Å²) in [6.45, 7) is 1.86. The van der Waals surface area contributed by atoms with Gasteiger partial charge in [-0.3, -0.25) is 4.79 Å². The molecular formula is C16H19NO3S. The van der Waals surface area contributed by atoms with Crippen molar-refractivity contribution in [3.8, 4) is 0 Å². The first-order chi connectivity index (χ1) is 10.1. The lowest BCUT2D eigenvalue weighted by Crippen LogP contribution is -2.33. The fourth-order valence-electron chi connectivity index (χ4n) is 2.04. The van der Waals surface area contributed by atoms with Crippen LogP contribution in [0.4, 0.5) is 0 Å². The van der Waals surface area contributed by atoms with E-state index in [0.717, 1.165) is 4.90 Å². The fraction of sp³-hybridized carbons (Fsp3) is 0.312. The molecule has 1 aromatic heterocycles.